The van der Waals surface area contributed by atoms with Crippen molar-refractivity contribution < 1.29 is 9.47 Å². The number of ether oxygens (including phenoxy) is 2. The lowest BCUT2D eigenvalue weighted by atomic mass is 10.3. The lowest BCUT2D eigenvalue weighted by Crippen LogP contribution is -2.33. The van der Waals surface area contributed by atoms with E-state index in [9.17, 15) is 0 Å². The van der Waals surface area contributed by atoms with Crippen LogP contribution in [0.1, 0.15) is 39.4 Å². The molecule has 0 bridgehead atoms. The van der Waals surface area contributed by atoms with Crippen LogP contribution in [0.15, 0.2) is 0 Å². The van der Waals surface area contributed by atoms with Gasteiger partial charge in [0.15, 0.2) is 5.82 Å². The van der Waals surface area contributed by atoms with E-state index < -0.39 is 0 Å². The predicted molar refractivity (Wildman–Crippen MR) is 87.0 cm³/mol. The topological polar surface area (TPSA) is 65.5 Å². The normalized spacial score (nSPS) is 11.3. The van der Waals surface area contributed by atoms with Crippen molar-refractivity contribution in [2.45, 2.75) is 40.7 Å². The van der Waals surface area contributed by atoms with Crippen molar-refractivity contribution in [2.75, 3.05) is 50.2 Å². The Hall–Kier alpha value is -1.27. The first-order valence-electron chi connectivity index (χ1n) is 7.77. The summed E-state index contributed by atoms with van der Waals surface area (Å²) < 4.78 is 13.0. The number of aryl methyl sites for hydroxylation is 1. The minimum atomic E-state index is 0.262. The van der Waals surface area contributed by atoms with E-state index in [0.717, 1.165) is 43.5 Å². The minimum absolute atomic E-state index is 0.262. The Balaban J connectivity index is 2.94. The summed E-state index contributed by atoms with van der Waals surface area (Å²) in [5.41, 5.74) is 7.86. The summed E-state index contributed by atoms with van der Waals surface area (Å²) in [7, 11) is 0. The summed E-state index contributed by atoms with van der Waals surface area (Å²) >= 11 is 0. The largest absolute Gasteiger partial charge is 0.394 e. The van der Waals surface area contributed by atoms with Crippen molar-refractivity contribution in [1.29, 1.82) is 0 Å². The Kier molecular flexibility index (Phi) is 7.53. The van der Waals surface area contributed by atoms with E-state index in [-0.39, 0.29) is 6.04 Å². The molecule has 0 saturated heterocycles. The molecule has 1 aromatic rings. The van der Waals surface area contributed by atoms with E-state index in [4.69, 9.17) is 15.2 Å². The molecule has 0 radical (unpaired) electrons. The average molecular weight is 298 g/mol. The van der Waals surface area contributed by atoms with E-state index in [1.54, 1.807) is 0 Å². The summed E-state index contributed by atoms with van der Waals surface area (Å²) in [5, 5.41) is 4.56. The molecule has 122 valence electrons. The molecular formula is C15H30N4O2. The van der Waals surface area contributed by atoms with Crippen molar-refractivity contribution in [3.8, 4) is 0 Å². The second-order valence-electron chi connectivity index (χ2n) is 5.24. The van der Waals surface area contributed by atoms with Crippen LogP contribution < -0.4 is 10.6 Å². The van der Waals surface area contributed by atoms with Gasteiger partial charge in [-0.1, -0.05) is 0 Å². The molecule has 2 N–H and O–H groups in total. The van der Waals surface area contributed by atoms with E-state index in [1.807, 2.05) is 25.5 Å². The second kappa shape index (κ2) is 8.89. The SMILES string of the molecule is CCOCCN(CCOCC)c1c(N)c(C)nn1C(C)C. The first-order valence-corrected chi connectivity index (χ1v) is 7.77. The van der Waals surface area contributed by atoms with Crippen LogP contribution in [0.5, 0.6) is 0 Å². The van der Waals surface area contributed by atoms with Crippen LogP contribution >= 0.6 is 0 Å². The van der Waals surface area contributed by atoms with Crippen LogP contribution in [-0.4, -0.2) is 49.3 Å². The maximum atomic E-state index is 6.24. The van der Waals surface area contributed by atoms with E-state index in [2.05, 4.69) is 23.8 Å². The first-order chi connectivity index (χ1) is 10.0. The highest BCUT2D eigenvalue weighted by atomic mass is 16.5. The molecule has 0 aromatic carbocycles. The number of hydrogen-bond donors (Lipinski definition) is 1. The lowest BCUT2D eigenvalue weighted by molar-refractivity contribution is 0.141. The second-order valence-corrected chi connectivity index (χ2v) is 5.24. The van der Waals surface area contributed by atoms with Gasteiger partial charge in [-0.2, -0.15) is 5.10 Å². The fourth-order valence-electron chi connectivity index (χ4n) is 2.19. The van der Waals surface area contributed by atoms with Gasteiger partial charge in [0.2, 0.25) is 0 Å². The van der Waals surface area contributed by atoms with E-state index in [1.165, 1.54) is 0 Å². The molecule has 0 spiro atoms. The zero-order valence-corrected chi connectivity index (χ0v) is 14.1. The van der Waals surface area contributed by atoms with Crippen LogP contribution in [0.4, 0.5) is 11.5 Å². The van der Waals surface area contributed by atoms with Gasteiger partial charge in [0, 0.05) is 32.3 Å². The number of rotatable bonds is 10. The van der Waals surface area contributed by atoms with Crippen LogP contribution in [-0.2, 0) is 9.47 Å². The van der Waals surface area contributed by atoms with Crippen molar-refractivity contribution in [3.05, 3.63) is 5.69 Å². The Labute approximate surface area is 128 Å². The molecule has 0 fully saturated rings. The number of nitrogens with two attached hydrogens (primary N) is 1. The minimum Gasteiger partial charge on any atom is -0.394 e. The van der Waals surface area contributed by atoms with Gasteiger partial charge in [-0.3, -0.25) is 0 Å². The van der Waals surface area contributed by atoms with Crippen LogP contribution in [0.25, 0.3) is 0 Å². The summed E-state index contributed by atoms with van der Waals surface area (Å²) in [6, 6.07) is 0.262. The number of aromatic nitrogens is 2. The molecule has 6 heteroatoms. The number of hydrogen-bond acceptors (Lipinski definition) is 5. The standard InChI is InChI=1S/C15H30N4O2/c1-6-20-10-8-18(9-11-21-7-2)15-14(16)13(5)17-19(15)12(3)4/h12H,6-11,16H2,1-5H3. The predicted octanol–water partition coefficient (Wildman–Crippen LogP) is 2.23. The zero-order valence-electron chi connectivity index (χ0n) is 14.1. The molecule has 1 heterocycles. The van der Waals surface area contributed by atoms with Gasteiger partial charge in [0.05, 0.1) is 24.6 Å². The molecule has 0 atom stereocenters. The molecule has 1 rings (SSSR count). The smallest absolute Gasteiger partial charge is 0.151 e. The van der Waals surface area contributed by atoms with Crippen molar-refractivity contribution >= 4 is 11.5 Å². The van der Waals surface area contributed by atoms with Crippen molar-refractivity contribution in [2.24, 2.45) is 0 Å². The fraction of sp³-hybridized carbons (Fsp3) is 0.800. The molecule has 0 aliphatic heterocycles. The summed E-state index contributed by atoms with van der Waals surface area (Å²) in [5.74, 6) is 0.974. The summed E-state index contributed by atoms with van der Waals surface area (Å²) in [6.45, 7) is 14.5. The maximum absolute atomic E-state index is 6.24. The van der Waals surface area contributed by atoms with Crippen LogP contribution in [0.2, 0.25) is 0 Å². The number of nitrogen functional groups attached to an aromatic ring is 1. The van der Waals surface area contributed by atoms with Gasteiger partial charge in [-0.05, 0) is 34.6 Å². The fourth-order valence-corrected chi connectivity index (χ4v) is 2.19. The molecule has 0 saturated carbocycles. The molecule has 0 unspecified atom stereocenters. The van der Waals surface area contributed by atoms with Gasteiger partial charge in [-0.25, -0.2) is 4.68 Å². The number of anilines is 2. The monoisotopic (exact) mass is 298 g/mol. The van der Waals surface area contributed by atoms with Gasteiger partial charge >= 0.3 is 0 Å². The number of nitrogens with zero attached hydrogens (tertiary/aromatic N) is 3. The lowest BCUT2D eigenvalue weighted by Gasteiger charge is -2.27. The Morgan fingerprint density at radius 2 is 1.67 bits per heavy atom. The summed E-state index contributed by atoms with van der Waals surface area (Å²) in [6.07, 6.45) is 0. The molecule has 0 amide bonds. The molecular weight excluding hydrogens is 268 g/mol. The third-order valence-corrected chi connectivity index (χ3v) is 3.31. The quantitative estimate of drug-likeness (QED) is 0.671. The van der Waals surface area contributed by atoms with Gasteiger partial charge in [0.1, 0.15) is 0 Å². The van der Waals surface area contributed by atoms with Crippen molar-refractivity contribution in [3.63, 3.8) is 0 Å². The molecule has 0 aliphatic carbocycles. The van der Waals surface area contributed by atoms with Crippen molar-refractivity contribution in [1.82, 2.24) is 9.78 Å². The molecule has 0 aliphatic rings. The highest BCUT2D eigenvalue weighted by Gasteiger charge is 2.20. The molecule has 1 aromatic heterocycles. The third kappa shape index (κ3) is 4.89. The van der Waals surface area contributed by atoms with Gasteiger partial charge < -0.3 is 20.1 Å². The zero-order chi connectivity index (χ0) is 15.8. The van der Waals surface area contributed by atoms with Crippen LogP contribution in [0, 0.1) is 6.92 Å². The maximum Gasteiger partial charge on any atom is 0.151 e. The molecule has 6 nitrogen and oxygen atoms in total. The summed E-state index contributed by atoms with van der Waals surface area (Å²) in [4.78, 5) is 2.21. The Morgan fingerprint density at radius 1 is 1.14 bits per heavy atom. The van der Waals surface area contributed by atoms with Gasteiger partial charge in [0.25, 0.3) is 0 Å². The highest BCUT2D eigenvalue weighted by molar-refractivity contribution is 5.66. The molecule has 21 heavy (non-hydrogen) atoms. The van der Waals surface area contributed by atoms with Crippen LogP contribution in [0.3, 0.4) is 0 Å². The average Bonchev–Trinajstić information content (AvgIpc) is 2.74. The third-order valence-electron chi connectivity index (χ3n) is 3.31. The van der Waals surface area contributed by atoms with E-state index >= 15 is 0 Å². The van der Waals surface area contributed by atoms with Gasteiger partial charge in [-0.15, -0.1) is 0 Å². The Morgan fingerprint density at radius 3 is 2.10 bits per heavy atom. The Bertz CT molecular complexity index is 408. The highest BCUT2D eigenvalue weighted by Crippen LogP contribution is 2.29. The first kappa shape index (κ1) is 17.8. The van der Waals surface area contributed by atoms with E-state index in [0.29, 0.717) is 13.2 Å².